The third kappa shape index (κ3) is 3.95. The molecule has 8 heteroatoms. The van der Waals surface area contributed by atoms with Gasteiger partial charge in [0.1, 0.15) is 11.5 Å². The molecule has 0 amide bonds. The second-order valence-corrected chi connectivity index (χ2v) is 7.90. The van der Waals surface area contributed by atoms with E-state index in [-0.39, 0.29) is 10.7 Å². The lowest BCUT2D eigenvalue weighted by atomic mass is 10.1. The maximum Gasteiger partial charge on any atom is 0.267 e. The molecule has 0 saturated carbocycles. The van der Waals surface area contributed by atoms with E-state index in [9.17, 15) is 8.42 Å². The lowest BCUT2D eigenvalue weighted by molar-refractivity contribution is 0.390. The van der Waals surface area contributed by atoms with Gasteiger partial charge in [0.05, 0.1) is 11.9 Å². The molecule has 3 rings (SSSR count). The Bertz CT molecular complexity index is 1040. The lowest BCUT2D eigenvalue weighted by Gasteiger charge is -2.14. The summed E-state index contributed by atoms with van der Waals surface area (Å²) in [5, 5.41) is 7.00. The van der Waals surface area contributed by atoms with Gasteiger partial charge in [-0.2, -0.15) is 0 Å². The summed E-state index contributed by atoms with van der Waals surface area (Å²) in [6.07, 6.45) is 2.38. The minimum absolute atomic E-state index is 0.0530. The second-order valence-electron chi connectivity index (χ2n) is 6.28. The Morgan fingerprint density at radius 2 is 1.89 bits per heavy atom. The molecule has 142 valence electrons. The van der Waals surface area contributed by atoms with Crippen LogP contribution in [-0.4, -0.2) is 18.6 Å². The highest BCUT2D eigenvalue weighted by molar-refractivity contribution is 7.92. The van der Waals surface area contributed by atoms with E-state index < -0.39 is 10.0 Å². The van der Waals surface area contributed by atoms with Crippen LogP contribution in [0.15, 0.2) is 45.9 Å². The van der Waals surface area contributed by atoms with Gasteiger partial charge in [0.15, 0.2) is 10.7 Å². The van der Waals surface area contributed by atoms with Crippen molar-refractivity contribution < 1.29 is 12.9 Å². The van der Waals surface area contributed by atoms with Crippen LogP contribution in [0.5, 0.6) is 0 Å². The molecule has 0 fully saturated rings. The molecule has 1 aromatic carbocycles. The third-order valence-electron chi connectivity index (χ3n) is 4.25. The maximum absolute atomic E-state index is 12.6. The summed E-state index contributed by atoms with van der Waals surface area (Å²) in [5.74, 6) is 0.886. The minimum atomic E-state index is -3.79. The Morgan fingerprint density at radius 3 is 2.48 bits per heavy atom. The highest BCUT2D eigenvalue weighted by Gasteiger charge is 2.24. The molecular weight excluding hydrogens is 364 g/mol. The van der Waals surface area contributed by atoms with Crippen LogP contribution in [0, 0.1) is 20.8 Å². The summed E-state index contributed by atoms with van der Waals surface area (Å²) < 4.78 is 32.6. The van der Waals surface area contributed by atoms with Gasteiger partial charge < -0.3 is 9.84 Å². The first-order chi connectivity index (χ1) is 12.8. The van der Waals surface area contributed by atoms with Gasteiger partial charge in [0, 0.05) is 5.69 Å². The van der Waals surface area contributed by atoms with Gasteiger partial charge in [0.2, 0.25) is 0 Å². The molecule has 0 aliphatic heterocycles. The van der Waals surface area contributed by atoms with Crippen molar-refractivity contribution in [2.45, 2.75) is 39.0 Å². The second kappa shape index (κ2) is 7.40. The number of sulfonamides is 1. The molecule has 2 N–H and O–H groups in total. The fourth-order valence-corrected chi connectivity index (χ4v) is 4.30. The van der Waals surface area contributed by atoms with E-state index in [1.807, 2.05) is 19.1 Å². The molecule has 0 radical (unpaired) electrons. The number of para-hydroxylation sites is 1. The molecule has 0 bridgehead atoms. The Kier molecular flexibility index (Phi) is 5.18. The molecule has 0 atom stereocenters. The van der Waals surface area contributed by atoms with Crippen molar-refractivity contribution in [2.24, 2.45) is 0 Å². The number of aryl methyl sites for hydroxylation is 4. The SMILES string of the molecule is CCc1cccc(C)c1Nc1ccc(NS(=O)(=O)c2c(C)noc2C)cn1. The average molecular weight is 386 g/mol. The fourth-order valence-electron chi connectivity index (χ4n) is 2.92. The molecule has 0 spiro atoms. The zero-order valence-corrected chi connectivity index (χ0v) is 16.5. The standard InChI is InChI=1S/C19H22N4O3S/c1-5-15-8-6-7-12(2)18(15)21-17-10-9-16(11-20-17)23-27(24,25)19-13(3)22-26-14(19)4/h6-11,23H,5H2,1-4H3,(H,20,21). The van der Waals surface area contributed by atoms with Crippen molar-refractivity contribution in [3.8, 4) is 0 Å². The number of nitrogens with one attached hydrogen (secondary N) is 2. The van der Waals surface area contributed by atoms with Crippen LogP contribution in [-0.2, 0) is 16.4 Å². The zero-order chi connectivity index (χ0) is 19.6. The normalized spacial score (nSPS) is 11.4. The van der Waals surface area contributed by atoms with Crippen molar-refractivity contribution in [2.75, 3.05) is 10.0 Å². The molecule has 0 unspecified atom stereocenters. The molecule has 3 aromatic rings. The first kappa shape index (κ1) is 18.9. The number of rotatable bonds is 6. The van der Waals surface area contributed by atoms with Crippen LogP contribution < -0.4 is 10.0 Å². The Labute approximate surface area is 158 Å². The topological polar surface area (TPSA) is 97.1 Å². The Morgan fingerprint density at radius 1 is 1.11 bits per heavy atom. The summed E-state index contributed by atoms with van der Waals surface area (Å²) in [6.45, 7) is 7.28. The summed E-state index contributed by atoms with van der Waals surface area (Å²) in [7, 11) is -3.79. The van der Waals surface area contributed by atoms with Gasteiger partial charge in [-0.1, -0.05) is 30.3 Å². The van der Waals surface area contributed by atoms with Crippen molar-refractivity contribution in [3.05, 3.63) is 59.1 Å². The third-order valence-corrected chi connectivity index (χ3v) is 5.87. The molecule has 0 aliphatic carbocycles. The lowest BCUT2D eigenvalue weighted by Crippen LogP contribution is -2.14. The first-order valence-corrected chi connectivity index (χ1v) is 10.1. The molecular formula is C19H22N4O3S. The van der Waals surface area contributed by atoms with Gasteiger partial charge in [-0.25, -0.2) is 13.4 Å². The maximum atomic E-state index is 12.6. The molecule has 2 aromatic heterocycles. The van der Waals surface area contributed by atoms with E-state index in [1.54, 1.807) is 26.0 Å². The van der Waals surface area contributed by atoms with Crippen molar-refractivity contribution in [1.29, 1.82) is 0 Å². The van der Waals surface area contributed by atoms with E-state index in [0.29, 0.717) is 17.2 Å². The van der Waals surface area contributed by atoms with Crippen molar-refractivity contribution >= 4 is 27.2 Å². The summed E-state index contributed by atoms with van der Waals surface area (Å²) in [6, 6.07) is 9.53. The number of anilines is 3. The summed E-state index contributed by atoms with van der Waals surface area (Å²) >= 11 is 0. The predicted octanol–water partition coefficient (Wildman–Crippen LogP) is 4.10. The average Bonchev–Trinajstić information content (AvgIpc) is 2.97. The van der Waals surface area contributed by atoms with Crippen LogP contribution in [0.4, 0.5) is 17.2 Å². The first-order valence-electron chi connectivity index (χ1n) is 8.59. The Balaban J connectivity index is 1.81. The molecule has 0 aliphatic rings. The number of hydrogen-bond donors (Lipinski definition) is 2. The van der Waals surface area contributed by atoms with E-state index in [1.165, 1.54) is 11.8 Å². The van der Waals surface area contributed by atoms with Gasteiger partial charge in [0.25, 0.3) is 10.0 Å². The summed E-state index contributed by atoms with van der Waals surface area (Å²) in [5.41, 5.74) is 4.02. The van der Waals surface area contributed by atoms with Crippen LogP contribution in [0.3, 0.4) is 0 Å². The highest BCUT2D eigenvalue weighted by Crippen LogP contribution is 2.26. The quantitative estimate of drug-likeness (QED) is 0.662. The van der Waals surface area contributed by atoms with Gasteiger partial charge in [-0.05, 0) is 50.5 Å². The number of benzene rings is 1. The Hall–Kier alpha value is -2.87. The van der Waals surface area contributed by atoms with Crippen LogP contribution in [0.1, 0.15) is 29.5 Å². The molecule has 7 nitrogen and oxygen atoms in total. The van der Waals surface area contributed by atoms with Crippen molar-refractivity contribution in [1.82, 2.24) is 10.1 Å². The van der Waals surface area contributed by atoms with E-state index in [0.717, 1.165) is 17.7 Å². The van der Waals surface area contributed by atoms with Gasteiger partial charge >= 0.3 is 0 Å². The van der Waals surface area contributed by atoms with Crippen LogP contribution >= 0.6 is 0 Å². The monoisotopic (exact) mass is 386 g/mol. The predicted molar refractivity (Wildman–Crippen MR) is 105 cm³/mol. The minimum Gasteiger partial charge on any atom is -0.360 e. The highest BCUT2D eigenvalue weighted by atomic mass is 32.2. The largest absolute Gasteiger partial charge is 0.360 e. The number of pyridine rings is 1. The van der Waals surface area contributed by atoms with Crippen molar-refractivity contribution in [3.63, 3.8) is 0 Å². The molecule has 0 saturated heterocycles. The number of aromatic nitrogens is 2. The van der Waals surface area contributed by atoms with E-state index in [2.05, 4.69) is 33.2 Å². The van der Waals surface area contributed by atoms with Gasteiger partial charge in [-0.15, -0.1) is 0 Å². The molecule has 2 heterocycles. The fraction of sp³-hybridized carbons (Fsp3) is 0.263. The number of nitrogens with zero attached hydrogens (tertiary/aromatic N) is 2. The number of hydrogen-bond acceptors (Lipinski definition) is 6. The van der Waals surface area contributed by atoms with Gasteiger partial charge in [-0.3, -0.25) is 4.72 Å². The molecule has 27 heavy (non-hydrogen) atoms. The zero-order valence-electron chi connectivity index (χ0n) is 15.7. The van der Waals surface area contributed by atoms with E-state index in [4.69, 9.17) is 4.52 Å². The van der Waals surface area contributed by atoms with E-state index >= 15 is 0 Å². The van der Waals surface area contributed by atoms with Crippen LogP contribution in [0.2, 0.25) is 0 Å². The summed E-state index contributed by atoms with van der Waals surface area (Å²) in [4.78, 5) is 4.38. The van der Waals surface area contributed by atoms with Crippen LogP contribution in [0.25, 0.3) is 0 Å². The smallest absolute Gasteiger partial charge is 0.267 e.